The highest BCUT2D eigenvalue weighted by molar-refractivity contribution is 5.94. The molecule has 7 heteroatoms. The number of aliphatic hydroxyl groups is 1. The van der Waals surface area contributed by atoms with Crippen LogP contribution in [0, 0.1) is 0 Å². The summed E-state index contributed by atoms with van der Waals surface area (Å²) in [5, 5.41) is 9.61. The quantitative estimate of drug-likeness (QED) is 0.794. The summed E-state index contributed by atoms with van der Waals surface area (Å²) < 4.78 is 28.5. The topological polar surface area (TPSA) is 83.5 Å². The van der Waals surface area contributed by atoms with E-state index in [1.165, 1.54) is 12.2 Å². The van der Waals surface area contributed by atoms with Crippen LogP contribution in [0.5, 0.6) is 0 Å². The summed E-state index contributed by atoms with van der Waals surface area (Å²) in [7, 11) is 0. The first-order valence-electron chi connectivity index (χ1n) is 7.40. The van der Waals surface area contributed by atoms with E-state index in [0.717, 1.165) is 0 Å². The average Bonchev–Trinajstić information content (AvgIpc) is 2.92. The summed E-state index contributed by atoms with van der Waals surface area (Å²) in [5.41, 5.74) is 0. The monoisotopic (exact) mass is 314 g/mol. The van der Waals surface area contributed by atoms with Crippen molar-refractivity contribution in [1.82, 2.24) is 0 Å². The third-order valence-electron chi connectivity index (χ3n) is 3.85. The van der Waals surface area contributed by atoms with Crippen LogP contribution >= 0.6 is 0 Å². The van der Waals surface area contributed by atoms with E-state index < -0.39 is 36.2 Å². The van der Waals surface area contributed by atoms with E-state index in [1.54, 1.807) is 13.8 Å². The fraction of sp³-hybridized carbons (Fsp3) is 0.800. The average molecular weight is 314 g/mol. The molecular weight excluding hydrogens is 292 g/mol. The Hall–Kier alpha value is -0.830. The maximum atomic E-state index is 12.1. The Morgan fingerprint density at radius 1 is 1.09 bits per heavy atom. The van der Waals surface area contributed by atoms with Gasteiger partial charge >= 0.3 is 0 Å². The molecule has 7 nitrogen and oxygen atoms in total. The molecule has 0 aliphatic carbocycles. The number of rotatable bonds is 2. The van der Waals surface area contributed by atoms with Gasteiger partial charge in [-0.2, -0.15) is 0 Å². The van der Waals surface area contributed by atoms with Gasteiger partial charge in [0.2, 0.25) is 0 Å². The van der Waals surface area contributed by atoms with Crippen molar-refractivity contribution < 1.29 is 33.6 Å². The molecule has 0 aromatic heterocycles. The second-order valence-corrected chi connectivity index (χ2v) is 6.64. The van der Waals surface area contributed by atoms with Crippen LogP contribution < -0.4 is 0 Å². The van der Waals surface area contributed by atoms with E-state index in [2.05, 4.69) is 0 Å². The number of ketones is 1. The lowest BCUT2D eigenvalue weighted by atomic mass is 9.99. The molecule has 0 amide bonds. The third kappa shape index (κ3) is 3.10. The number of hydrogen-bond donors (Lipinski definition) is 1. The molecule has 0 saturated carbocycles. The summed E-state index contributed by atoms with van der Waals surface area (Å²) >= 11 is 0. The fourth-order valence-corrected chi connectivity index (χ4v) is 2.99. The smallest absolute Gasteiger partial charge is 0.187 e. The molecule has 0 spiro atoms. The molecule has 1 N–H and O–H groups in total. The van der Waals surface area contributed by atoms with Crippen molar-refractivity contribution in [3.63, 3.8) is 0 Å². The van der Waals surface area contributed by atoms with Gasteiger partial charge in [0.1, 0.15) is 18.3 Å². The Balaban J connectivity index is 1.81. The zero-order valence-corrected chi connectivity index (χ0v) is 13.1. The molecule has 124 valence electrons. The lowest BCUT2D eigenvalue weighted by Crippen LogP contribution is -2.50. The highest BCUT2D eigenvalue weighted by Gasteiger charge is 2.54. The van der Waals surface area contributed by atoms with Crippen LogP contribution in [-0.2, 0) is 28.5 Å². The van der Waals surface area contributed by atoms with Crippen molar-refractivity contribution >= 4 is 5.78 Å². The Morgan fingerprint density at radius 2 is 1.77 bits per heavy atom. The third-order valence-corrected chi connectivity index (χ3v) is 3.85. The number of carbonyl (C=O) groups excluding carboxylic acids is 1. The lowest BCUT2D eigenvalue weighted by Gasteiger charge is -2.30. The first-order chi connectivity index (χ1) is 10.2. The highest BCUT2D eigenvalue weighted by Crippen LogP contribution is 2.38. The summed E-state index contributed by atoms with van der Waals surface area (Å²) in [6.45, 7) is 7.50. The van der Waals surface area contributed by atoms with Crippen LogP contribution in [-0.4, -0.2) is 59.8 Å². The fourth-order valence-electron chi connectivity index (χ4n) is 2.99. The zero-order valence-electron chi connectivity index (χ0n) is 13.1. The van der Waals surface area contributed by atoms with Crippen molar-refractivity contribution in [1.29, 1.82) is 0 Å². The van der Waals surface area contributed by atoms with Gasteiger partial charge in [-0.05, 0) is 39.8 Å². The molecule has 0 aromatic carbocycles. The predicted molar refractivity (Wildman–Crippen MR) is 73.8 cm³/mol. The van der Waals surface area contributed by atoms with Crippen LogP contribution in [0.15, 0.2) is 12.2 Å². The van der Waals surface area contributed by atoms with Crippen LogP contribution in [0.4, 0.5) is 0 Å². The van der Waals surface area contributed by atoms with E-state index in [-0.39, 0.29) is 11.9 Å². The van der Waals surface area contributed by atoms with E-state index in [9.17, 15) is 9.90 Å². The second kappa shape index (κ2) is 5.36. The normalized spacial score (nSPS) is 43.7. The zero-order chi connectivity index (χ0) is 16.1. The van der Waals surface area contributed by atoms with Crippen molar-refractivity contribution in [2.24, 2.45) is 0 Å². The van der Waals surface area contributed by atoms with Crippen LogP contribution in [0.2, 0.25) is 0 Å². The van der Waals surface area contributed by atoms with Crippen molar-refractivity contribution in [3.05, 3.63) is 12.2 Å². The van der Waals surface area contributed by atoms with E-state index in [1.807, 2.05) is 13.8 Å². The minimum Gasteiger partial charge on any atom is -0.365 e. The first kappa shape index (κ1) is 16.0. The number of aliphatic hydroxyl groups excluding tert-OH is 1. The molecule has 0 unspecified atom stereocenters. The SMILES string of the molecule is CC1(C)O[C@@H]([C@H]2COC(C)(C)O2)[C@H]([C@H]2O[C@@H](O)C=CC2=O)O1. The molecule has 0 bridgehead atoms. The Bertz CT molecular complexity index is 484. The summed E-state index contributed by atoms with van der Waals surface area (Å²) in [6.07, 6.45) is -1.03. The molecule has 0 radical (unpaired) electrons. The number of hydrogen-bond acceptors (Lipinski definition) is 7. The van der Waals surface area contributed by atoms with E-state index in [4.69, 9.17) is 23.7 Å². The largest absolute Gasteiger partial charge is 0.365 e. The van der Waals surface area contributed by atoms with Gasteiger partial charge in [0, 0.05) is 0 Å². The van der Waals surface area contributed by atoms with E-state index >= 15 is 0 Å². The van der Waals surface area contributed by atoms with Crippen molar-refractivity contribution in [3.8, 4) is 0 Å². The number of ether oxygens (including phenoxy) is 5. The molecule has 2 saturated heterocycles. The van der Waals surface area contributed by atoms with Gasteiger partial charge in [-0.15, -0.1) is 0 Å². The number of carbonyl (C=O) groups is 1. The van der Waals surface area contributed by atoms with E-state index in [0.29, 0.717) is 6.61 Å². The Morgan fingerprint density at radius 3 is 2.41 bits per heavy atom. The summed E-state index contributed by atoms with van der Waals surface area (Å²) in [5.74, 6) is -1.84. The molecule has 0 aromatic rings. The molecule has 5 atom stereocenters. The van der Waals surface area contributed by atoms with Gasteiger partial charge in [-0.1, -0.05) is 0 Å². The second-order valence-electron chi connectivity index (χ2n) is 6.64. The van der Waals surface area contributed by atoms with Crippen molar-refractivity contribution in [2.75, 3.05) is 6.61 Å². The van der Waals surface area contributed by atoms with Gasteiger partial charge in [0.15, 0.2) is 29.8 Å². The minimum atomic E-state index is -1.13. The van der Waals surface area contributed by atoms with Gasteiger partial charge < -0.3 is 28.8 Å². The molecule has 3 aliphatic heterocycles. The van der Waals surface area contributed by atoms with Gasteiger partial charge in [-0.3, -0.25) is 4.79 Å². The highest BCUT2D eigenvalue weighted by atomic mass is 16.8. The molecular formula is C15H22O7. The van der Waals surface area contributed by atoms with Gasteiger partial charge in [0.05, 0.1) is 6.61 Å². The molecule has 3 aliphatic rings. The maximum Gasteiger partial charge on any atom is 0.187 e. The first-order valence-corrected chi connectivity index (χ1v) is 7.40. The molecule has 3 rings (SSSR count). The minimum absolute atomic E-state index is 0.264. The van der Waals surface area contributed by atoms with Crippen molar-refractivity contribution in [2.45, 2.75) is 70.0 Å². The van der Waals surface area contributed by atoms with Crippen LogP contribution in [0.3, 0.4) is 0 Å². The lowest BCUT2D eigenvalue weighted by molar-refractivity contribution is -0.185. The maximum absolute atomic E-state index is 12.1. The Labute approximate surface area is 129 Å². The predicted octanol–water partition coefficient (Wildman–Crippen LogP) is 0.500. The van der Waals surface area contributed by atoms with Crippen LogP contribution in [0.25, 0.3) is 0 Å². The molecule has 3 heterocycles. The summed E-state index contributed by atoms with van der Waals surface area (Å²) in [6, 6.07) is 0. The summed E-state index contributed by atoms with van der Waals surface area (Å²) in [4.78, 5) is 12.1. The standard InChI is InChI=1S/C15H22O7/c1-14(2)18-7-9(20-14)12-13(22-15(3,4)21-12)11-8(16)5-6-10(17)19-11/h5-6,9-13,17H,7H2,1-4H3/t9-,10-,11+,12+,13+/m1/s1. The molecule has 22 heavy (non-hydrogen) atoms. The van der Waals surface area contributed by atoms with Crippen LogP contribution in [0.1, 0.15) is 27.7 Å². The van der Waals surface area contributed by atoms with Gasteiger partial charge in [0.25, 0.3) is 0 Å². The Kier molecular flexibility index (Phi) is 3.91. The molecule has 2 fully saturated rings. The van der Waals surface area contributed by atoms with Gasteiger partial charge in [-0.25, -0.2) is 0 Å².